The van der Waals surface area contributed by atoms with E-state index in [2.05, 4.69) is 16.7 Å². The summed E-state index contributed by atoms with van der Waals surface area (Å²) in [5.74, 6) is 0. The molecule has 0 aromatic rings. The Morgan fingerprint density at radius 1 is 0.800 bits per heavy atom. The monoisotopic (exact) mass is 304 g/mol. The van der Waals surface area contributed by atoms with Crippen LogP contribution in [0.5, 0.6) is 0 Å². The van der Waals surface area contributed by atoms with E-state index in [0.29, 0.717) is 0 Å². The van der Waals surface area contributed by atoms with Gasteiger partial charge >= 0.3 is 8.80 Å². The molecule has 1 rings (SSSR count). The third kappa shape index (κ3) is 5.79. The summed E-state index contributed by atoms with van der Waals surface area (Å²) in [7, 11) is 2.60. The molecule has 5 nitrogen and oxygen atoms in total. The SMILES string of the molecule is CCCCCCN1CCN(C[Si](OC)(OC)OC)CC1. The summed E-state index contributed by atoms with van der Waals surface area (Å²) < 4.78 is 16.5. The van der Waals surface area contributed by atoms with Gasteiger partial charge in [0.15, 0.2) is 0 Å². The van der Waals surface area contributed by atoms with Crippen LogP contribution < -0.4 is 0 Å². The molecule has 0 N–H and O–H groups in total. The van der Waals surface area contributed by atoms with Crippen molar-refractivity contribution in [1.29, 1.82) is 0 Å². The molecule has 120 valence electrons. The smallest absolute Gasteiger partial charge is 0.376 e. The maximum atomic E-state index is 5.50. The second kappa shape index (κ2) is 9.86. The van der Waals surface area contributed by atoms with Crippen molar-refractivity contribution >= 4 is 8.80 Å². The summed E-state index contributed by atoms with van der Waals surface area (Å²) in [5.41, 5.74) is 0. The fourth-order valence-electron chi connectivity index (χ4n) is 2.65. The lowest BCUT2D eigenvalue weighted by Gasteiger charge is -2.37. The minimum Gasteiger partial charge on any atom is -0.376 e. The van der Waals surface area contributed by atoms with E-state index in [0.717, 1.165) is 32.3 Å². The molecule has 20 heavy (non-hydrogen) atoms. The lowest BCUT2D eigenvalue weighted by atomic mass is 10.2. The van der Waals surface area contributed by atoms with E-state index < -0.39 is 8.80 Å². The number of hydrogen-bond donors (Lipinski definition) is 0. The van der Waals surface area contributed by atoms with Gasteiger partial charge in [-0.3, -0.25) is 4.90 Å². The molecule has 1 heterocycles. The van der Waals surface area contributed by atoms with Crippen LogP contribution in [0.15, 0.2) is 0 Å². The zero-order chi connectivity index (χ0) is 14.8. The van der Waals surface area contributed by atoms with E-state index in [-0.39, 0.29) is 0 Å². The highest BCUT2D eigenvalue weighted by Gasteiger charge is 2.40. The predicted octanol–water partition coefficient (Wildman–Crippen LogP) is 1.60. The Morgan fingerprint density at radius 2 is 1.35 bits per heavy atom. The summed E-state index contributed by atoms with van der Waals surface area (Å²) >= 11 is 0. The van der Waals surface area contributed by atoms with E-state index >= 15 is 0 Å². The highest BCUT2D eigenvalue weighted by Crippen LogP contribution is 2.12. The first-order valence-corrected chi connectivity index (χ1v) is 9.73. The average molecular weight is 305 g/mol. The van der Waals surface area contributed by atoms with Gasteiger partial charge in [0.2, 0.25) is 0 Å². The predicted molar refractivity (Wildman–Crippen MR) is 83.8 cm³/mol. The molecule has 0 bridgehead atoms. The standard InChI is InChI=1S/C14H32N2O3Si/c1-5-6-7-8-9-15-10-12-16(13-11-15)14-20(17-2,18-3)19-4/h5-14H2,1-4H3. The van der Waals surface area contributed by atoms with Gasteiger partial charge < -0.3 is 18.2 Å². The van der Waals surface area contributed by atoms with Crippen molar-refractivity contribution in [2.45, 2.75) is 32.6 Å². The number of unbranched alkanes of at least 4 members (excludes halogenated alkanes) is 3. The van der Waals surface area contributed by atoms with Gasteiger partial charge in [0, 0.05) is 47.5 Å². The van der Waals surface area contributed by atoms with Gasteiger partial charge in [-0.2, -0.15) is 0 Å². The van der Waals surface area contributed by atoms with Crippen molar-refractivity contribution in [3.05, 3.63) is 0 Å². The molecule has 0 aliphatic carbocycles. The Bertz CT molecular complexity index is 236. The van der Waals surface area contributed by atoms with E-state index in [1.807, 2.05) is 0 Å². The summed E-state index contributed by atoms with van der Waals surface area (Å²) in [5, 5.41) is 0. The summed E-state index contributed by atoms with van der Waals surface area (Å²) in [6, 6.07) is 0. The molecule has 0 saturated carbocycles. The Hall–Kier alpha value is 0.0169. The van der Waals surface area contributed by atoms with E-state index in [1.54, 1.807) is 21.3 Å². The molecule has 0 spiro atoms. The molecular formula is C14H32N2O3Si. The van der Waals surface area contributed by atoms with Gasteiger partial charge in [-0.15, -0.1) is 0 Å². The molecule has 0 radical (unpaired) electrons. The lowest BCUT2D eigenvalue weighted by Crippen LogP contribution is -2.57. The van der Waals surface area contributed by atoms with Crippen molar-refractivity contribution in [1.82, 2.24) is 9.80 Å². The third-order valence-electron chi connectivity index (χ3n) is 4.14. The average Bonchev–Trinajstić information content (AvgIpc) is 2.51. The largest absolute Gasteiger partial charge is 0.514 e. The zero-order valence-electron chi connectivity index (χ0n) is 13.7. The topological polar surface area (TPSA) is 34.2 Å². The van der Waals surface area contributed by atoms with Crippen LogP contribution in [0.4, 0.5) is 0 Å². The molecule has 0 amide bonds. The Balaban J connectivity index is 2.24. The second-order valence-electron chi connectivity index (χ2n) is 5.47. The molecule has 1 saturated heterocycles. The van der Waals surface area contributed by atoms with Gasteiger partial charge in [0.05, 0.1) is 6.17 Å². The Kier molecular flexibility index (Phi) is 8.91. The Labute approximate surface area is 125 Å². The summed E-state index contributed by atoms with van der Waals surface area (Å²) in [6.45, 7) is 7.96. The number of hydrogen-bond acceptors (Lipinski definition) is 5. The van der Waals surface area contributed by atoms with Crippen LogP contribution in [0.25, 0.3) is 0 Å². The van der Waals surface area contributed by atoms with Gasteiger partial charge in [0.1, 0.15) is 0 Å². The van der Waals surface area contributed by atoms with Crippen LogP contribution >= 0.6 is 0 Å². The van der Waals surface area contributed by atoms with Crippen LogP contribution in [0, 0.1) is 0 Å². The zero-order valence-corrected chi connectivity index (χ0v) is 14.7. The minimum atomic E-state index is -2.46. The van der Waals surface area contributed by atoms with E-state index in [1.165, 1.54) is 32.2 Å². The highest BCUT2D eigenvalue weighted by atomic mass is 28.4. The van der Waals surface area contributed by atoms with Gasteiger partial charge in [-0.1, -0.05) is 26.2 Å². The van der Waals surface area contributed by atoms with Gasteiger partial charge in [-0.05, 0) is 13.0 Å². The maximum absolute atomic E-state index is 5.50. The van der Waals surface area contributed by atoms with Crippen molar-refractivity contribution in [2.75, 3.05) is 60.2 Å². The molecular weight excluding hydrogens is 272 g/mol. The van der Waals surface area contributed by atoms with Crippen molar-refractivity contribution < 1.29 is 13.3 Å². The first-order chi connectivity index (χ1) is 9.69. The molecule has 0 unspecified atom stereocenters. The van der Waals surface area contributed by atoms with Crippen LogP contribution in [0.3, 0.4) is 0 Å². The van der Waals surface area contributed by atoms with E-state index in [4.69, 9.17) is 13.3 Å². The van der Waals surface area contributed by atoms with Gasteiger partial charge in [0.25, 0.3) is 0 Å². The normalized spacial score (nSPS) is 18.6. The van der Waals surface area contributed by atoms with Crippen LogP contribution in [0.1, 0.15) is 32.6 Å². The maximum Gasteiger partial charge on any atom is 0.514 e. The first-order valence-electron chi connectivity index (χ1n) is 7.80. The summed E-state index contributed by atoms with van der Waals surface area (Å²) in [4.78, 5) is 4.98. The first kappa shape index (κ1) is 18.1. The molecule has 6 heteroatoms. The third-order valence-corrected chi connectivity index (χ3v) is 6.84. The fourth-order valence-corrected chi connectivity index (χ4v) is 4.40. The van der Waals surface area contributed by atoms with E-state index in [9.17, 15) is 0 Å². The molecule has 0 atom stereocenters. The number of piperazine rings is 1. The van der Waals surface area contributed by atoms with Crippen molar-refractivity contribution in [3.63, 3.8) is 0 Å². The fraction of sp³-hybridized carbons (Fsp3) is 1.00. The molecule has 1 fully saturated rings. The van der Waals surface area contributed by atoms with Crippen LogP contribution in [0.2, 0.25) is 0 Å². The molecule has 1 aliphatic rings. The van der Waals surface area contributed by atoms with Crippen molar-refractivity contribution in [2.24, 2.45) is 0 Å². The van der Waals surface area contributed by atoms with Gasteiger partial charge in [-0.25, -0.2) is 0 Å². The molecule has 0 aromatic heterocycles. The lowest BCUT2D eigenvalue weighted by molar-refractivity contribution is 0.0822. The molecule has 1 aliphatic heterocycles. The highest BCUT2D eigenvalue weighted by molar-refractivity contribution is 6.60. The Morgan fingerprint density at radius 3 is 1.85 bits per heavy atom. The number of rotatable bonds is 10. The molecule has 0 aromatic carbocycles. The quantitative estimate of drug-likeness (QED) is 0.452. The minimum absolute atomic E-state index is 0.792. The number of nitrogens with zero attached hydrogens (tertiary/aromatic N) is 2. The van der Waals surface area contributed by atoms with Crippen LogP contribution in [-0.4, -0.2) is 78.8 Å². The van der Waals surface area contributed by atoms with Crippen LogP contribution in [-0.2, 0) is 13.3 Å². The van der Waals surface area contributed by atoms with Crippen molar-refractivity contribution in [3.8, 4) is 0 Å². The summed E-state index contributed by atoms with van der Waals surface area (Å²) in [6.07, 6.45) is 6.17. The second-order valence-corrected chi connectivity index (χ2v) is 8.38.